The Hall–Kier alpha value is -3.98. The molecule has 0 spiro atoms. The zero-order valence-corrected chi connectivity index (χ0v) is 19.5. The molecule has 0 fully saturated rings. The van der Waals surface area contributed by atoms with E-state index in [1.54, 1.807) is 13.2 Å². The van der Waals surface area contributed by atoms with E-state index in [9.17, 15) is 18.0 Å². The summed E-state index contributed by atoms with van der Waals surface area (Å²) >= 11 is 0. The summed E-state index contributed by atoms with van der Waals surface area (Å²) in [5.41, 5.74) is 0.0436. The molecule has 5 rings (SSSR count). The Balaban J connectivity index is 1.59. The number of hydrogen-bond donors (Lipinski definition) is 0. The van der Waals surface area contributed by atoms with Gasteiger partial charge in [-0.1, -0.05) is 24.3 Å². The van der Waals surface area contributed by atoms with Gasteiger partial charge in [0.25, 0.3) is 0 Å². The van der Waals surface area contributed by atoms with Crippen LogP contribution in [0.4, 0.5) is 13.2 Å². The second-order valence-corrected chi connectivity index (χ2v) is 8.39. The summed E-state index contributed by atoms with van der Waals surface area (Å²) in [5.74, 6) is 0.229. The average Bonchev–Trinajstić information content (AvgIpc) is 2.88. The van der Waals surface area contributed by atoms with Gasteiger partial charge < -0.3 is 18.6 Å². The Morgan fingerprint density at radius 1 is 0.917 bits per heavy atom. The Morgan fingerprint density at radius 2 is 1.56 bits per heavy atom. The zero-order valence-electron chi connectivity index (χ0n) is 19.5. The highest BCUT2D eigenvalue weighted by Crippen LogP contribution is 2.40. The van der Waals surface area contributed by atoms with Gasteiger partial charge in [0.1, 0.15) is 29.6 Å². The lowest BCUT2D eigenvalue weighted by molar-refractivity contribution is -0.152. The van der Waals surface area contributed by atoms with Crippen molar-refractivity contribution in [2.24, 2.45) is 0 Å². The molecule has 1 aliphatic rings. The van der Waals surface area contributed by atoms with Crippen LogP contribution in [0.15, 0.2) is 69.9 Å². The van der Waals surface area contributed by atoms with Gasteiger partial charge >= 0.3 is 6.18 Å². The first-order chi connectivity index (χ1) is 17.3. The molecule has 3 aromatic carbocycles. The molecule has 186 valence electrons. The van der Waals surface area contributed by atoms with Crippen molar-refractivity contribution in [1.29, 1.82) is 0 Å². The lowest BCUT2D eigenvalue weighted by Crippen LogP contribution is -2.32. The van der Waals surface area contributed by atoms with Gasteiger partial charge in [0.05, 0.1) is 30.7 Å². The Kier molecular flexibility index (Phi) is 6.09. The minimum absolute atomic E-state index is 0.0578. The van der Waals surface area contributed by atoms with Crippen LogP contribution in [0.25, 0.3) is 22.1 Å². The van der Waals surface area contributed by atoms with Crippen LogP contribution in [-0.4, -0.2) is 25.9 Å². The van der Waals surface area contributed by atoms with E-state index in [4.69, 9.17) is 18.6 Å². The van der Waals surface area contributed by atoms with Crippen molar-refractivity contribution in [3.63, 3.8) is 0 Å². The number of rotatable bonds is 5. The SMILES string of the molecule is COc1ccc(CN2COc3ccc4c(=O)c(-c5ccc(OC)cc5)c(C(F)(F)F)oc4c3C2)cc1. The van der Waals surface area contributed by atoms with E-state index in [2.05, 4.69) is 0 Å². The first kappa shape index (κ1) is 23.7. The van der Waals surface area contributed by atoms with Crippen LogP contribution in [0, 0.1) is 0 Å². The fraction of sp³-hybridized carbons (Fsp3) is 0.222. The van der Waals surface area contributed by atoms with Crippen molar-refractivity contribution in [3.05, 3.63) is 87.8 Å². The number of methoxy groups -OCH3 is 2. The van der Waals surface area contributed by atoms with Crippen LogP contribution < -0.4 is 19.6 Å². The van der Waals surface area contributed by atoms with E-state index in [-0.39, 0.29) is 29.8 Å². The number of halogens is 3. The largest absolute Gasteiger partial charge is 0.497 e. The zero-order chi connectivity index (χ0) is 25.4. The predicted molar refractivity (Wildman–Crippen MR) is 127 cm³/mol. The second kappa shape index (κ2) is 9.23. The summed E-state index contributed by atoms with van der Waals surface area (Å²) in [6.45, 7) is 0.978. The lowest BCUT2D eigenvalue weighted by Gasteiger charge is -2.29. The molecule has 0 atom stereocenters. The van der Waals surface area contributed by atoms with E-state index in [0.29, 0.717) is 23.6 Å². The minimum Gasteiger partial charge on any atom is -0.497 e. The smallest absolute Gasteiger partial charge is 0.450 e. The molecule has 0 amide bonds. The fourth-order valence-electron chi connectivity index (χ4n) is 4.32. The fourth-order valence-corrected chi connectivity index (χ4v) is 4.32. The molecular weight excluding hydrogens is 475 g/mol. The summed E-state index contributed by atoms with van der Waals surface area (Å²) in [6, 6.07) is 16.3. The van der Waals surface area contributed by atoms with Crippen LogP contribution in [0.2, 0.25) is 0 Å². The number of hydrogen-bond acceptors (Lipinski definition) is 6. The molecule has 0 saturated carbocycles. The van der Waals surface area contributed by atoms with Crippen molar-refractivity contribution in [2.75, 3.05) is 21.0 Å². The molecule has 0 radical (unpaired) electrons. The number of nitrogens with zero attached hydrogens (tertiary/aromatic N) is 1. The Morgan fingerprint density at radius 3 is 2.17 bits per heavy atom. The minimum atomic E-state index is -4.89. The van der Waals surface area contributed by atoms with E-state index in [1.807, 2.05) is 29.2 Å². The molecule has 0 N–H and O–H groups in total. The molecule has 0 bridgehead atoms. The summed E-state index contributed by atoms with van der Waals surface area (Å²) < 4.78 is 64.0. The first-order valence-electron chi connectivity index (χ1n) is 11.1. The van der Waals surface area contributed by atoms with E-state index >= 15 is 0 Å². The molecule has 4 aromatic rings. The molecule has 0 aliphatic carbocycles. The summed E-state index contributed by atoms with van der Waals surface area (Å²) in [6.07, 6.45) is -4.89. The van der Waals surface area contributed by atoms with Crippen molar-refractivity contribution < 1.29 is 31.8 Å². The summed E-state index contributed by atoms with van der Waals surface area (Å²) in [4.78, 5) is 15.3. The maximum Gasteiger partial charge on any atom is 0.450 e. The van der Waals surface area contributed by atoms with E-state index in [1.165, 1.54) is 37.4 Å². The van der Waals surface area contributed by atoms with Gasteiger partial charge in [0.2, 0.25) is 11.2 Å². The monoisotopic (exact) mass is 497 g/mol. The molecule has 2 heterocycles. The van der Waals surface area contributed by atoms with E-state index in [0.717, 1.165) is 11.3 Å². The van der Waals surface area contributed by atoms with Crippen LogP contribution in [0.5, 0.6) is 17.2 Å². The maximum atomic E-state index is 14.1. The van der Waals surface area contributed by atoms with Gasteiger partial charge in [0, 0.05) is 13.1 Å². The lowest BCUT2D eigenvalue weighted by atomic mass is 9.99. The van der Waals surface area contributed by atoms with Crippen molar-refractivity contribution >= 4 is 11.0 Å². The highest BCUT2D eigenvalue weighted by Gasteiger charge is 2.40. The van der Waals surface area contributed by atoms with Gasteiger partial charge in [-0.2, -0.15) is 13.2 Å². The van der Waals surface area contributed by atoms with Gasteiger partial charge in [-0.3, -0.25) is 9.69 Å². The average molecular weight is 497 g/mol. The molecular formula is C27H22F3NO5. The Labute approximate surface area is 204 Å². The normalized spacial score (nSPS) is 13.8. The molecule has 0 unspecified atom stereocenters. The molecule has 36 heavy (non-hydrogen) atoms. The summed E-state index contributed by atoms with van der Waals surface area (Å²) in [7, 11) is 3.03. The van der Waals surface area contributed by atoms with Crippen LogP contribution in [-0.2, 0) is 19.3 Å². The highest BCUT2D eigenvalue weighted by molar-refractivity contribution is 5.87. The van der Waals surface area contributed by atoms with Crippen LogP contribution in [0.1, 0.15) is 16.9 Å². The number of benzene rings is 3. The second-order valence-electron chi connectivity index (χ2n) is 8.39. The van der Waals surface area contributed by atoms with Gasteiger partial charge in [-0.15, -0.1) is 0 Å². The molecule has 0 saturated heterocycles. The van der Waals surface area contributed by atoms with Gasteiger partial charge in [-0.25, -0.2) is 0 Å². The quantitative estimate of drug-likeness (QED) is 0.345. The van der Waals surface area contributed by atoms with Crippen molar-refractivity contribution in [2.45, 2.75) is 19.3 Å². The van der Waals surface area contributed by atoms with Gasteiger partial charge in [-0.05, 0) is 47.5 Å². The van der Waals surface area contributed by atoms with Gasteiger partial charge in [0.15, 0.2) is 0 Å². The molecule has 9 heteroatoms. The van der Waals surface area contributed by atoms with Crippen molar-refractivity contribution in [1.82, 2.24) is 4.90 Å². The Bertz CT molecular complexity index is 1460. The molecule has 1 aliphatic heterocycles. The van der Waals surface area contributed by atoms with Crippen molar-refractivity contribution in [3.8, 4) is 28.4 Å². The number of fused-ring (bicyclic) bond motifs is 3. The molecule has 1 aromatic heterocycles. The van der Waals surface area contributed by atoms with Crippen LogP contribution >= 0.6 is 0 Å². The maximum absolute atomic E-state index is 14.1. The summed E-state index contributed by atoms with van der Waals surface area (Å²) in [5, 5.41) is 0.0578. The third-order valence-corrected chi connectivity index (χ3v) is 6.11. The number of alkyl halides is 3. The topological polar surface area (TPSA) is 61.1 Å². The third-order valence-electron chi connectivity index (χ3n) is 6.11. The van der Waals surface area contributed by atoms with Crippen LogP contribution in [0.3, 0.4) is 0 Å². The predicted octanol–water partition coefficient (Wildman–Crippen LogP) is 5.85. The third kappa shape index (κ3) is 4.37. The first-order valence-corrected chi connectivity index (χ1v) is 11.1. The standard InChI is InChI=1S/C27H22F3NO5/c1-33-18-7-3-16(4-8-18)13-31-14-21-22(35-15-31)12-11-20-24(32)23(17-5-9-19(34-2)10-6-17)26(27(28,29)30)36-25(20)21/h3-12H,13-15H2,1-2H3. The highest BCUT2D eigenvalue weighted by atomic mass is 19.4. The van der Waals surface area contributed by atoms with E-state index < -0.39 is 22.9 Å². The number of ether oxygens (including phenoxy) is 3. The molecule has 6 nitrogen and oxygen atoms in total.